The number of rotatable bonds is 5. The average molecular weight is 506 g/mol. The molecule has 1 aliphatic heterocycles. The number of hydrogen-bond acceptors (Lipinski definition) is 5. The van der Waals surface area contributed by atoms with Gasteiger partial charge in [-0.1, -0.05) is 12.7 Å². The summed E-state index contributed by atoms with van der Waals surface area (Å²) in [5.41, 5.74) is 2.15. The van der Waals surface area contributed by atoms with Crippen molar-refractivity contribution in [2.75, 3.05) is 13.7 Å². The smallest absolute Gasteiger partial charge is 0.174 e. The predicted octanol–water partition coefficient (Wildman–Crippen LogP) is 4.99. The minimum atomic E-state index is -0.398. The highest BCUT2D eigenvalue weighted by molar-refractivity contribution is 14.1. The zero-order valence-corrected chi connectivity index (χ0v) is 18.5. The highest BCUT2D eigenvalue weighted by atomic mass is 127. The molecule has 0 amide bonds. The van der Waals surface area contributed by atoms with Crippen molar-refractivity contribution in [3.63, 3.8) is 0 Å². The molecule has 0 bridgehead atoms. The highest BCUT2D eigenvalue weighted by Gasteiger charge is 2.42. The van der Waals surface area contributed by atoms with Crippen LogP contribution in [0.4, 0.5) is 0 Å². The number of ether oxygens (including phenoxy) is 3. The van der Waals surface area contributed by atoms with Crippen LogP contribution in [0.3, 0.4) is 0 Å². The molecule has 0 radical (unpaired) electrons. The van der Waals surface area contributed by atoms with Crippen molar-refractivity contribution >= 4 is 34.2 Å². The standard InChI is InChI=1S/C23H23IO5/c1-3-10-28-23-14(24)11-13(12-19(23)27-2)20-21-15(25)6-4-8-17(21)29-18-9-5-7-16(26)22(18)20/h3,11-12,20H,1,4-10H2,2H3. The van der Waals surface area contributed by atoms with Gasteiger partial charge >= 0.3 is 0 Å². The van der Waals surface area contributed by atoms with Crippen molar-refractivity contribution < 1.29 is 23.8 Å². The maximum absolute atomic E-state index is 12.9. The Morgan fingerprint density at radius 1 is 1.10 bits per heavy atom. The summed E-state index contributed by atoms with van der Waals surface area (Å²) in [5.74, 6) is 2.43. The van der Waals surface area contributed by atoms with Crippen LogP contribution < -0.4 is 9.47 Å². The zero-order valence-electron chi connectivity index (χ0n) is 16.4. The molecule has 0 saturated carbocycles. The van der Waals surface area contributed by atoms with Gasteiger partial charge in [0.2, 0.25) is 0 Å². The van der Waals surface area contributed by atoms with Gasteiger partial charge in [-0.15, -0.1) is 0 Å². The molecule has 6 heteroatoms. The van der Waals surface area contributed by atoms with Crippen LogP contribution in [0.5, 0.6) is 11.5 Å². The fourth-order valence-corrected chi connectivity index (χ4v) is 5.12. The second-order valence-corrected chi connectivity index (χ2v) is 8.56. The number of carbonyl (C=O) groups is 2. The molecule has 3 aliphatic rings. The number of carbonyl (C=O) groups excluding carboxylic acids is 2. The third-order valence-corrected chi connectivity index (χ3v) is 6.37. The summed E-state index contributed by atoms with van der Waals surface area (Å²) < 4.78 is 18.3. The number of ketones is 2. The first-order valence-corrected chi connectivity index (χ1v) is 10.9. The molecule has 2 aliphatic carbocycles. The molecule has 0 saturated heterocycles. The Kier molecular flexibility index (Phi) is 5.81. The Morgan fingerprint density at radius 3 is 2.28 bits per heavy atom. The quantitative estimate of drug-likeness (QED) is 0.416. The Morgan fingerprint density at radius 2 is 1.72 bits per heavy atom. The van der Waals surface area contributed by atoms with E-state index in [-0.39, 0.29) is 11.6 Å². The normalized spacial score (nSPS) is 19.5. The van der Waals surface area contributed by atoms with E-state index >= 15 is 0 Å². The van der Waals surface area contributed by atoms with Crippen molar-refractivity contribution in [1.82, 2.24) is 0 Å². The molecule has 1 aromatic rings. The van der Waals surface area contributed by atoms with Crippen molar-refractivity contribution in [2.45, 2.75) is 44.4 Å². The summed E-state index contributed by atoms with van der Waals surface area (Å²) in [6, 6.07) is 3.87. The second kappa shape index (κ2) is 8.34. The molecular weight excluding hydrogens is 483 g/mol. The third-order valence-electron chi connectivity index (χ3n) is 5.57. The zero-order chi connectivity index (χ0) is 20.5. The second-order valence-electron chi connectivity index (χ2n) is 7.40. The van der Waals surface area contributed by atoms with Crippen LogP contribution >= 0.6 is 22.6 Å². The maximum Gasteiger partial charge on any atom is 0.174 e. The van der Waals surface area contributed by atoms with Crippen LogP contribution in [0.2, 0.25) is 0 Å². The summed E-state index contributed by atoms with van der Waals surface area (Å²) in [6.45, 7) is 4.06. The van der Waals surface area contributed by atoms with Crippen molar-refractivity contribution in [2.24, 2.45) is 0 Å². The Labute approximate surface area is 183 Å². The van der Waals surface area contributed by atoms with Gasteiger partial charge in [-0.05, 0) is 53.1 Å². The lowest BCUT2D eigenvalue weighted by Crippen LogP contribution is -2.30. The number of allylic oxidation sites excluding steroid dienone is 4. The van der Waals surface area contributed by atoms with Gasteiger partial charge in [0.15, 0.2) is 23.1 Å². The molecule has 5 nitrogen and oxygen atoms in total. The summed E-state index contributed by atoms with van der Waals surface area (Å²) in [7, 11) is 1.59. The minimum absolute atomic E-state index is 0.0714. The molecule has 0 aromatic heterocycles. The van der Waals surface area contributed by atoms with E-state index in [1.54, 1.807) is 13.2 Å². The molecular formula is C23H23IO5. The van der Waals surface area contributed by atoms with Gasteiger partial charge in [-0.2, -0.15) is 0 Å². The number of halogens is 1. The minimum Gasteiger partial charge on any atom is -0.493 e. The molecule has 1 heterocycles. The van der Waals surface area contributed by atoms with E-state index in [0.29, 0.717) is 42.1 Å². The molecule has 0 spiro atoms. The molecule has 0 fully saturated rings. The van der Waals surface area contributed by atoms with E-state index in [0.717, 1.165) is 46.3 Å². The first kappa shape index (κ1) is 20.2. The van der Waals surface area contributed by atoms with Crippen LogP contribution in [-0.2, 0) is 14.3 Å². The lowest BCUT2D eigenvalue weighted by atomic mass is 9.73. The van der Waals surface area contributed by atoms with Crippen LogP contribution in [-0.4, -0.2) is 25.3 Å². The Balaban J connectivity index is 1.88. The fourth-order valence-electron chi connectivity index (χ4n) is 4.34. The van der Waals surface area contributed by atoms with Crippen LogP contribution in [0, 0.1) is 3.57 Å². The van der Waals surface area contributed by atoms with Crippen molar-refractivity contribution in [3.8, 4) is 11.5 Å². The molecule has 1 aromatic carbocycles. The molecule has 152 valence electrons. The summed E-state index contributed by atoms with van der Waals surface area (Å²) in [5, 5.41) is 0. The summed E-state index contributed by atoms with van der Waals surface area (Å²) in [6.07, 6.45) is 5.70. The third kappa shape index (κ3) is 3.63. The predicted molar refractivity (Wildman–Crippen MR) is 117 cm³/mol. The first-order valence-electron chi connectivity index (χ1n) is 9.86. The topological polar surface area (TPSA) is 61.8 Å². The van der Waals surface area contributed by atoms with E-state index < -0.39 is 5.92 Å². The molecule has 0 N–H and O–H groups in total. The summed E-state index contributed by atoms with van der Waals surface area (Å²) >= 11 is 2.20. The number of hydrogen-bond donors (Lipinski definition) is 0. The number of Topliss-reactive ketones (excluding diaryl/α,β-unsaturated/α-hetero) is 2. The van der Waals surface area contributed by atoms with E-state index in [4.69, 9.17) is 14.2 Å². The first-order chi connectivity index (χ1) is 14.0. The molecule has 29 heavy (non-hydrogen) atoms. The van der Waals surface area contributed by atoms with E-state index in [1.807, 2.05) is 12.1 Å². The van der Waals surface area contributed by atoms with Gasteiger partial charge in [0.05, 0.1) is 10.7 Å². The van der Waals surface area contributed by atoms with Gasteiger partial charge in [0, 0.05) is 42.7 Å². The number of methoxy groups -OCH3 is 1. The van der Waals surface area contributed by atoms with Gasteiger partial charge in [0.1, 0.15) is 18.1 Å². The van der Waals surface area contributed by atoms with Crippen LogP contribution in [0.15, 0.2) is 47.5 Å². The maximum atomic E-state index is 12.9. The highest BCUT2D eigenvalue weighted by Crippen LogP contribution is 2.49. The summed E-state index contributed by atoms with van der Waals surface area (Å²) in [4.78, 5) is 25.8. The molecule has 0 unspecified atom stereocenters. The monoisotopic (exact) mass is 506 g/mol. The average Bonchev–Trinajstić information content (AvgIpc) is 2.71. The van der Waals surface area contributed by atoms with E-state index in [1.165, 1.54) is 0 Å². The fraction of sp³-hybridized carbons (Fsp3) is 0.391. The van der Waals surface area contributed by atoms with Gasteiger partial charge in [-0.25, -0.2) is 0 Å². The Bertz CT molecular complexity index is 914. The van der Waals surface area contributed by atoms with Crippen LogP contribution in [0.25, 0.3) is 0 Å². The van der Waals surface area contributed by atoms with Gasteiger partial charge in [-0.3, -0.25) is 9.59 Å². The largest absolute Gasteiger partial charge is 0.493 e. The molecule has 4 rings (SSSR count). The van der Waals surface area contributed by atoms with E-state index in [2.05, 4.69) is 29.2 Å². The lowest BCUT2D eigenvalue weighted by molar-refractivity contribution is -0.117. The lowest BCUT2D eigenvalue weighted by Gasteiger charge is -2.36. The Hall–Kier alpha value is -2.09. The van der Waals surface area contributed by atoms with Gasteiger partial charge in [0.25, 0.3) is 0 Å². The number of benzene rings is 1. The van der Waals surface area contributed by atoms with Crippen molar-refractivity contribution in [3.05, 3.63) is 56.6 Å². The van der Waals surface area contributed by atoms with Gasteiger partial charge < -0.3 is 14.2 Å². The molecule has 0 atom stereocenters. The van der Waals surface area contributed by atoms with E-state index in [9.17, 15) is 9.59 Å². The SMILES string of the molecule is C=CCOc1c(I)cc(C2C3=C(CCCC3=O)OC3=C2C(=O)CCC3)cc1OC. The van der Waals surface area contributed by atoms with Crippen molar-refractivity contribution in [1.29, 1.82) is 0 Å². The van der Waals surface area contributed by atoms with Crippen LogP contribution in [0.1, 0.15) is 50.0 Å².